The van der Waals surface area contributed by atoms with E-state index in [1.54, 1.807) is 0 Å². The second-order valence-electron chi connectivity index (χ2n) is 2.08. The molecule has 0 aliphatic rings. The molecule has 0 aromatic rings. The molecule has 66 valence electrons. The van der Waals surface area contributed by atoms with Crippen LogP contribution in [0.4, 0.5) is 0 Å². The van der Waals surface area contributed by atoms with Crippen LogP contribution in [0.1, 0.15) is 6.92 Å². The number of carbonyl (C=O) groups excluding carboxylic acids is 1. The molecule has 5 heteroatoms. The van der Waals surface area contributed by atoms with Crippen LogP contribution >= 0.6 is 11.6 Å². The molecule has 0 unspecified atom stereocenters. The van der Waals surface area contributed by atoms with Gasteiger partial charge in [-0.25, -0.2) is 0 Å². The van der Waals surface area contributed by atoms with Crippen molar-refractivity contribution in [2.45, 2.75) is 19.1 Å². The molecule has 0 amide bonds. The fraction of sp³-hybridized carbons (Fsp3) is 0.833. The average molecular weight is 182 g/mol. The summed E-state index contributed by atoms with van der Waals surface area (Å²) in [7, 11) is 1.26. The highest BCUT2D eigenvalue weighted by Crippen LogP contribution is 1.95. The smallest absolute Gasteiger partial charge is 0.325 e. The quantitative estimate of drug-likeness (QED) is 0.355. The first-order chi connectivity index (χ1) is 5.13. The van der Waals surface area contributed by atoms with Crippen molar-refractivity contribution in [3.05, 3.63) is 0 Å². The number of ether oxygens (including phenoxy) is 1. The minimum absolute atomic E-state index is 0.102. The number of hydrogen-bond acceptors (Lipinski definition) is 4. The van der Waals surface area contributed by atoms with E-state index >= 15 is 0 Å². The molecule has 0 saturated heterocycles. The first-order valence-electron chi connectivity index (χ1n) is 3.18. The molecule has 11 heavy (non-hydrogen) atoms. The van der Waals surface area contributed by atoms with Crippen molar-refractivity contribution in [1.82, 2.24) is 5.32 Å². The minimum atomic E-state index is -0.804. The lowest BCUT2D eigenvalue weighted by Gasteiger charge is -2.16. The molecule has 0 fully saturated rings. The molecular weight excluding hydrogens is 170 g/mol. The number of esters is 1. The van der Waals surface area contributed by atoms with Crippen LogP contribution in [-0.2, 0) is 9.53 Å². The van der Waals surface area contributed by atoms with E-state index in [9.17, 15) is 4.79 Å². The van der Waals surface area contributed by atoms with Crippen molar-refractivity contribution in [3.8, 4) is 0 Å². The Morgan fingerprint density at radius 2 is 2.36 bits per heavy atom. The third kappa shape index (κ3) is 3.55. The van der Waals surface area contributed by atoms with E-state index in [1.165, 1.54) is 14.0 Å². The van der Waals surface area contributed by atoms with Gasteiger partial charge < -0.3 is 9.84 Å². The summed E-state index contributed by atoms with van der Waals surface area (Å²) in [6, 6.07) is -0.637. The second kappa shape index (κ2) is 5.35. The molecule has 0 heterocycles. The van der Waals surface area contributed by atoms with Crippen LogP contribution in [0.3, 0.4) is 0 Å². The Morgan fingerprint density at radius 3 is 2.64 bits per heavy atom. The Morgan fingerprint density at radius 1 is 1.82 bits per heavy atom. The van der Waals surface area contributed by atoms with E-state index in [1.807, 2.05) is 0 Å². The predicted octanol–water partition coefficient (Wildman–Crippen LogP) is -0.305. The molecular formula is C6H12ClNO3. The highest BCUT2D eigenvalue weighted by molar-refractivity contribution is 6.17. The van der Waals surface area contributed by atoms with E-state index in [0.717, 1.165) is 0 Å². The lowest BCUT2D eigenvalue weighted by atomic mass is 10.2. The fourth-order valence-corrected chi connectivity index (χ4v) is 0.827. The molecule has 0 rings (SSSR count). The van der Waals surface area contributed by atoms with Gasteiger partial charge in [-0.3, -0.25) is 10.1 Å². The summed E-state index contributed by atoms with van der Waals surface area (Å²) in [6.45, 7) is 1.49. The van der Waals surface area contributed by atoms with Crippen LogP contribution in [0.2, 0.25) is 0 Å². The van der Waals surface area contributed by atoms with E-state index in [-0.39, 0.29) is 6.00 Å². The maximum Gasteiger partial charge on any atom is 0.325 e. The van der Waals surface area contributed by atoms with Gasteiger partial charge in [0.25, 0.3) is 0 Å². The van der Waals surface area contributed by atoms with E-state index in [2.05, 4.69) is 10.1 Å². The van der Waals surface area contributed by atoms with Crippen LogP contribution in [0, 0.1) is 0 Å². The largest absolute Gasteiger partial charge is 0.468 e. The Balaban J connectivity index is 3.98. The summed E-state index contributed by atoms with van der Waals surface area (Å²) >= 11 is 5.31. The van der Waals surface area contributed by atoms with Crippen LogP contribution < -0.4 is 5.32 Å². The Kier molecular flexibility index (Phi) is 5.19. The van der Waals surface area contributed by atoms with Crippen molar-refractivity contribution in [2.24, 2.45) is 0 Å². The number of aliphatic hydroxyl groups is 1. The second-order valence-corrected chi connectivity index (χ2v) is 2.35. The number of methoxy groups -OCH3 is 1. The number of hydrogen-bond donors (Lipinski definition) is 2. The van der Waals surface area contributed by atoms with Crippen LogP contribution in [-0.4, -0.2) is 36.3 Å². The Hall–Kier alpha value is -0.320. The maximum atomic E-state index is 10.8. The van der Waals surface area contributed by atoms with Gasteiger partial charge in [0.15, 0.2) is 0 Å². The number of carbonyl (C=O) groups is 1. The van der Waals surface area contributed by atoms with Gasteiger partial charge in [0, 0.05) is 0 Å². The SMILES string of the molecule is COC(=O)[C@@H](NCCl)[C@@H](C)O. The molecule has 0 aliphatic heterocycles. The first-order valence-corrected chi connectivity index (χ1v) is 3.72. The number of nitrogens with one attached hydrogen (secondary N) is 1. The van der Waals surface area contributed by atoms with Crippen LogP contribution in [0.5, 0.6) is 0 Å². The number of alkyl halides is 1. The molecule has 0 aromatic heterocycles. The number of aliphatic hydroxyl groups excluding tert-OH is 1. The van der Waals surface area contributed by atoms with Crippen molar-refractivity contribution < 1.29 is 14.6 Å². The highest BCUT2D eigenvalue weighted by atomic mass is 35.5. The molecule has 0 radical (unpaired) electrons. The summed E-state index contributed by atoms with van der Waals surface area (Å²) in [5, 5.41) is 11.6. The zero-order valence-electron chi connectivity index (χ0n) is 6.50. The van der Waals surface area contributed by atoms with Crippen LogP contribution in [0.15, 0.2) is 0 Å². The lowest BCUT2D eigenvalue weighted by Crippen LogP contribution is -2.44. The predicted molar refractivity (Wildman–Crippen MR) is 41.3 cm³/mol. The number of halogens is 1. The number of rotatable bonds is 4. The third-order valence-corrected chi connectivity index (χ3v) is 1.39. The van der Waals surface area contributed by atoms with Crippen LogP contribution in [0.25, 0.3) is 0 Å². The summed E-state index contributed by atoms with van der Waals surface area (Å²) in [4.78, 5) is 10.8. The van der Waals surface area contributed by atoms with E-state index in [4.69, 9.17) is 16.7 Å². The van der Waals surface area contributed by atoms with Gasteiger partial charge in [-0.2, -0.15) is 0 Å². The van der Waals surface area contributed by atoms with Gasteiger partial charge in [-0.1, -0.05) is 0 Å². The summed E-state index contributed by atoms with van der Waals surface area (Å²) in [5.74, 6) is -0.513. The highest BCUT2D eigenvalue weighted by Gasteiger charge is 2.22. The topological polar surface area (TPSA) is 58.6 Å². The van der Waals surface area contributed by atoms with Gasteiger partial charge in [-0.05, 0) is 6.92 Å². The van der Waals surface area contributed by atoms with Crippen molar-refractivity contribution in [2.75, 3.05) is 13.1 Å². The molecule has 0 spiro atoms. The molecule has 4 nitrogen and oxygen atoms in total. The van der Waals surface area contributed by atoms with Gasteiger partial charge in [-0.15, -0.1) is 11.6 Å². The monoisotopic (exact) mass is 181 g/mol. The van der Waals surface area contributed by atoms with E-state index < -0.39 is 18.1 Å². The van der Waals surface area contributed by atoms with Gasteiger partial charge in [0.05, 0.1) is 19.2 Å². The molecule has 2 N–H and O–H groups in total. The van der Waals surface area contributed by atoms with Crippen molar-refractivity contribution in [3.63, 3.8) is 0 Å². The first kappa shape index (κ1) is 10.7. The molecule has 0 aliphatic carbocycles. The van der Waals surface area contributed by atoms with Gasteiger partial charge in [0.1, 0.15) is 6.04 Å². The van der Waals surface area contributed by atoms with Gasteiger partial charge >= 0.3 is 5.97 Å². The molecule has 0 bridgehead atoms. The molecule has 0 saturated carbocycles. The normalized spacial score (nSPS) is 15.6. The zero-order chi connectivity index (χ0) is 8.85. The summed E-state index contributed by atoms with van der Waals surface area (Å²) < 4.78 is 4.41. The van der Waals surface area contributed by atoms with Crippen molar-refractivity contribution in [1.29, 1.82) is 0 Å². The average Bonchev–Trinajstić information content (AvgIpc) is 1.98. The fourth-order valence-electron chi connectivity index (χ4n) is 0.661. The summed E-state index contributed by atoms with van der Waals surface area (Å²) in [6.07, 6.45) is -0.804. The third-order valence-electron chi connectivity index (χ3n) is 1.23. The summed E-state index contributed by atoms with van der Waals surface area (Å²) in [5.41, 5.74) is 0. The molecule has 2 atom stereocenters. The Bertz CT molecular complexity index is 129. The van der Waals surface area contributed by atoms with E-state index in [0.29, 0.717) is 0 Å². The minimum Gasteiger partial charge on any atom is -0.468 e. The standard InChI is InChI=1S/C6H12ClNO3/c1-4(9)5(8-3-7)6(10)11-2/h4-5,8-9H,3H2,1-2H3/t4-,5+/m1/s1. The zero-order valence-corrected chi connectivity index (χ0v) is 7.26. The Labute approximate surface area is 70.5 Å². The lowest BCUT2D eigenvalue weighted by molar-refractivity contribution is -0.145. The van der Waals surface area contributed by atoms with Crippen molar-refractivity contribution >= 4 is 17.6 Å². The maximum absolute atomic E-state index is 10.8. The molecule has 0 aromatic carbocycles. The van der Waals surface area contributed by atoms with Gasteiger partial charge in [0.2, 0.25) is 0 Å².